The lowest BCUT2D eigenvalue weighted by atomic mass is 10.1. The Morgan fingerprint density at radius 1 is 1.60 bits per heavy atom. The summed E-state index contributed by atoms with van der Waals surface area (Å²) in [6.45, 7) is 2.25. The second-order valence-electron chi connectivity index (χ2n) is 3.38. The van der Waals surface area contributed by atoms with Crippen molar-refractivity contribution in [1.82, 2.24) is 0 Å². The summed E-state index contributed by atoms with van der Waals surface area (Å²) in [6, 6.07) is 6.45. The van der Waals surface area contributed by atoms with Gasteiger partial charge in [0, 0.05) is 18.3 Å². The van der Waals surface area contributed by atoms with E-state index in [0.29, 0.717) is 18.7 Å². The quantitative estimate of drug-likeness (QED) is 0.698. The normalized spacial score (nSPS) is 12.1. The van der Waals surface area contributed by atoms with Crippen molar-refractivity contribution < 1.29 is 9.90 Å². The molecule has 1 aromatic carbocycles. The number of phenolic OH excluding ortho intramolecular Hbond substituents is 1. The summed E-state index contributed by atoms with van der Waals surface area (Å²) in [5.41, 5.74) is 6.05. The summed E-state index contributed by atoms with van der Waals surface area (Å²) in [4.78, 5) is 11.6. The Bertz CT molecular complexity index is 335. The Labute approximate surface area is 89.1 Å². The van der Waals surface area contributed by atoms with Crippen LogP contribution < -0.4 is 11.1 Å². The predicted molar refractivity (Wildman–Crippen MR) is 59.6 cm³/mol. The third-order valence-electron chi connectivity index (χ3n) is 2.26. The zero-order valence-electron chi connectivity index (χ0n) is 8.73. The maximum Gasteiger partial charge on any atom is 0.228 e. The number of rotatable bonds is 4. The van der Waals surface area contributed by atoms with Gasteiger partial charge < -0.3 is 16.2 Å². The van der Waals surface area contributed by atoms with Gasteiger partial charge in [-0.2, -0.15) is 0 Å². The van der Waals surface area contributed by atoms with Gasteiger partial charge in [0.1, 0.15) is 5.75 Å². The van der Waals surface area contributed by atoms with Gasteiger partial charge in [0.25, 0.3) is 0 Å². The fourth-order valence-corrected chi connectivity index (χ4v) is 1.29. The monoisotopic (exact) mass is 208 g/mol. The lowest BCUT2D eigenvalue weighted by molar-refractivity contribution is -0.119. The first-order chi connectivity index (χ1) is 7.17. The highest BCUT2D eigenvalue weighted by molar-refractivity contribution is 5.92. The molecule has 1 aromatic rings. The molecule has 1 unspecified atom stereocenters. The number of hydrogen-bond donors (Lipinski definition) is 3. The highest BCUT2D eigenvalue weighted by atomic mass is 16.3. The van der Waals surface area contributed by atoms with Gasteiger partial charge in [0.05, 0.1) is 5.92 Å². The zero-order chi connectivity index (χ0) is 11.3. The van der Waals surface area contributed by atoms with E-state index in [-0.39, 0.29) is 17.6 Å². The number of nitrogens with one attached hydrogen (secondary N) is 1. The molecule has 0 saturated heterocycles. The molecule has 0 fully saturated rings. The molecule has 0 aromatic heterocycles. The Balaban J connectivity index is 2.65. The maximum atomic E-state index is 11.6. The SMILES string of the molecule is CCC(CN)C(=O)Nc1cccc(O)c1. The van der Waals surface area contributed by atoms with Crippen LogP contribution in [-0.2, 0) is 4.79 Å². The molecule has 4 N–H and O–H groups in total. The first-order valence-corrected chi connectivity index (χ1v) is 4.97. The molecule has 1 amide bonds. The number of aromatic hydroxyl groups is 1. The van der Waals surface area contributed by atoms with Crippen LogP contribution in [0.3, 0.4) is 0 Å². The molecule has 0 aliphatic rings. The fraction of sp³-hybridized carbons (Fsp3) is 0.364. The lowest BCUT2D eigenvalue weighted by Crippen LogP contribution is -2.28. The molecule has 0 heterocycles. The van der Waals surface area contributed by atoms with Gasteiger partial charge in [0.15, 0.2) is 0 Å². The van der Waals surface area contributed by atoms with Crippen molar-refractivity contribution in [2.45, 2.75) is 13.3 Å². The summed E-state index contributed by atoms with van der Waals surface area (Å²) in [5, 5.41) is 11.9. The summed E-state index contributed by atoms with van der Waals surface area (Å²) in [6.07, 6.45) is 0.709. The number of phenols is 1. The molecule has 82 valence electrons. The number of carbonyl (C=O) groups excluding carboxylic acids is 1. The van der Waals surface area contributed by atoms with Crippen LogP contribution in [0.25, 0.3) is 0 Å². The van der Waals surface area contributed by atoms with Crippen molar-refractivity contribution in [3.63, 3.8) is 0 Å². The minimum absolute atomic E-state index is 0.106. The highest BCUT2D eigenvalue weighted by Crippen LogP contribution is 2.16. The van der Waals surface area contributed by atoms with E-state index in [4.69, 9.17) is 5.73 Å². The first-order valence-electron chi connectivity index (χ1n) is 4.97. The second kappa shape index (κ2) is 5.36. The van der Waals surface area contributed by atoms with Crippen LogP contribution in [0.5, 0.6) is 5.75 Å². The number of anilines is 1. The Kier molecular flexibility index (Phi) is 4.12. The van der Waals surface area contributed by atoms with Crippen LogP contribution in [-0.4, -0.2) is 17.6 Å². The molecule has 0 aliphatic carbocycles. The van der Waals surface area contributed by atoms with Crippen molar-refractivity contribution in [3.8, 4) is 5.75 Å². The summed E-state index contributed by atoms with van der Waals surface area (Å²) >= 11 is 0. The Morgan fingerprint density at radius 2 is 2.33 bits per heavy atom. The average molecular weight is 208 g/mol. The van der Waals surface area contributed by atoms with Crippen LogP contribution >= 0.6 is 0 Å². The third-order valence-corrected chi connectivity index (χ3v) is 2.26. The summed E-state index contributed by atoms with van der Waals surface area (Å²) < 4.78 is 0. The van der Waals surface area contributed by atoms with Crippen LogP contribution in [0, 0.1) is 5.92 Å². The molecular weight excluding hydrogens is 192 g/mol. The molecule has 15 heavy (non-hydrogen) atoms. The van der Waals surface area contributed by atoms with Crippen molar-refractivity contribution >= 4 is 11.6 Å². The van der Waals surface area contributed by atoms with E-state index in [2.05, 4.69) is 5.32 Å². The standard InChI is InChI=1S/C11H16N2O2/c1-2-8(7-12)11(15)13-9-4-3-5-10(14)6-9/h3-6,8,14H,2,7,12H2,1H3,(H,13,15). The summed E-state index contributed by atoms with van der Waals surface area (Å²) in [7, 11) is 0. The number of carbonyl (C=O) groups is 1. The molecule has 4 nitrogen and oxygen atoms in total. The van der Waals surface area contributed by atoms with Gasteiger partial charge in [-0.25, -0.2) is 0 Å². The fourth-order valence-electron chi connectivity index (χ4n) is 1.29. The second-order valence-corrected chi connectivity index (χ2v) is 3.38. The van der Waals surface area contributed by atoms with E-state index < -0.39 is 0 Å². The van der Waals surface area contributed by atoms with Gasteiger partial charge in [-0.15, -0.1) is 0 Å². The Hall–Kier alpha value is -1.55. The van der Waals surface area contributed by atoms with E-state index in [9.17, 15) is 9.90 Å². The molecule has 0 aliphatic heterocycles. The van der Waals surface area contributed by atoms with Crippen LogP contribution in [0.15, 0.2) is 24.3 Å². The smallest absolute Gasteiger partial charge is 0.228 e. The van der Waals surface area contributed by atoms with Crippen LogP contribution in [0.1, 0.15) is 13.3 Å². The first kappa shape index (κ1) is 11.5. The minimum Gasteiger partial charge on any atom is -0.508 e. The van der Waals surface area contributed by atoms with Crippen molar-refractivity contribution in [3.05, 3.63) is 24.3 Å². The largest absolute Gasteiger partial charge is 0.508 e. The van der Waals surface area contributed by atoms with Gasteiger partial charge >= 0.3 is 0 Å². The van der Waals surface area contributed by atoms with E-state index in [0.717, 1.165) is 0 Å². The van der Waals surface area contributed by atoms with Crippen molar-refractivity contribution in [2.75, 3.05) is 11.9 Å². The number of amides is 1. The Morgan fingerprint density at radius 3 is 2.87 bits per heavy atom. The minimum atomic E-state index is -0.174. The molecule has 1 atom stereocenters. The van der Waals surface area contributed by atoms with Gasteiger partial charge in [-0.1, -0.05) is 13.0 Å². The molecular formula is C11H16N2O2. The lowest BCUT2D eigenvalue weighted by Gasteiger charge is -2.12. The summed E-state index contributed by atoms with van der Waals surface area (Å²) in [5.74, 6) is -0.147. The van der Waals surface area contributed by atoms with Crippen LogP contribution in [0.2, 0.25) is 0 Å². The molecule has 0 radical (unpaired) electrons. The predicted octanol–water partition coefficient (Wildman–Crippen LogP) is 1.32. The molecule has 0 bridgehead atoms. The van der Waals surface area contributed by atoms with Crippen LogP contribution in [0.4, 0.5) is 5.69 Å². The molecule has 0 spiro atoms. The van der Waals surface area contributed by atoms with E-state index in [1.807, 2.05) is 6.92 Å². The number of benzene rings is 1. The number of hydrogen-bond acceptors (Lipinski definition) is 3. The molecule has 4 heteroatoms. The number of nitrogens with two attached hydrogens (primary N) is 1. The highest BCUT2D eigenvalue weighted by Gasteiger charge is 2.14. The topological polar surface area (TPSA) is 75.4 Å². The van der Waals surface area contributed by atoms with E-state index >= 15 is 0 Å². The average Bonchev–Trinajstić information content (AvgIpc) is 2.19. The van der Waals surface area contributed by atoms with Crippen molar-refractivity contribution in [1.29, 1.82) is 0 Å². The van der Waals surface area contributed by atoms with E-state index in [1.54, 1.807) is 18.2 Å². The van der Waals surface area contributed by atoms with Gasteiger partial charge in [-0.3, -0.25) is 4.79 Å². The maximum absolute atomic E-state index is 11.6. The molecule has 1 rings (SSSR count). The van der Waals surface area contributed by atoms with E-state index in [1.165, 1.54) is 6.07 Å². The van der Waals surface area contributed by atoms with Gasteiger partial charge in [-0.05, 0) is 18.6 Å². The van der Waals surface area contributed by atoms with Gasteiger partial charge in [0.2, 0.25) is 5.91 Å². The molecule has 0 saturated carbocycles. The third kappa shape index (κ3) is 3.25. The zero-order valence-corrected chi connectivity index (χ0v) is 8.73. The van der Waals surface area contributed by atoms with Crippen molar-refractivity contribution in [2.24, 2.45) is 11.7 Å².